The van der Waals surface area contributed by atoms with Gasteiger partial charge in [0.2, 0.25) is 5.88 Å². The van der Waals surface area contributed by atoms with Crippen molar-refractivity contribution in [1.82, 2.24) is 0 Å². The van der Waals surface area contributed by atoms with Crippen LogP contribution in [0, 0.1) is 22.7 Å². The van der Waals surface area contributed by atoms with E-state index in [9.17, 15) is 5.26 Å². The molecule has 0 aliphatic heterocycles. The number of furan rings is 1. The Balaban J connectivity index is 2.23. The average Bonchev–Trinajstić information content (AvgIpc) is 2.92. The summed E-state index contributed by atoms with van der Waals surface area (Å²) in [5.74, 6) is 0.558. The van der Waals surface area contributed by atoms with Crippen LogP contribution in [0.2, 0.25) is 5.02 Å². The van der Waals surface area contributed by atoms with Gasteiger partial charge in [-0.1, -0.05) is 23.7 Å². The van der Waals surface area contributed by atoms with Crippen molar-refractivity contribution in [3.63, 3.8) is 0 Å². The van der Waals surface area contributed by atoms with E-state index >= 15 is 0 Å². The van der Waals surface area contributed by atoms with Gasteiger partial charge in [0.15, 0.2) is 0 Å². The maximum atomic E-state index is 9.40. The number of anilines is 1. The first-order valence-corrected chi connectivity index (χ1v) is 7.10. The van der Waals surface area contributed by atoms with Crippen molar-refractivity contribution in [3.05, 3.63) is 64.7 Å². The van der Waals surface area contributed by atoms with E-state index in [-0.39, 0.29) is 11.4 Å². The van der Waals surface area contributed by atoms with Crippen LogP contribution in [0.4, 0.5) is 5.88 Å². The lowest BCUT2D eigenvalue weighted by Gasteiger charge is -2.04. The molecule has 110 valence electrons. The first-order chi connectivity index (χ1) is 11.1. The Bertz CT molecular complexity index is 942. The molecule has 2 aromatic carbocycles. The molecular formula is C18H10ClN3O. The van der Waals surface area contributed by atoms with Crippen molar-refractivity contribution in [2.24, 2.45) is 0 Å². The Labute approximate surface area is 137 Å². The van der Waals surface area contributed by atoms with Crippen LogP contribution in [-0.4, -0.2) is 0 Å². The number of rotatable bonds is 2. The van der Waals surface area contributed by atoms with Crippen LogP contribution in [0.1, 0.15) is 11.1 Å². The van der Waals surface area contributed by atoms with Crippen LogP contribution >= 0.6 is 11.6 Å². The van der Waals surface area contributed by atoms with Crippen molar-refractivity contribution >= 4 is 17.5 Å². The van der Waals surface area contributed by atoms with E-state index in [0.29, 0.717) is 21.9 Å². The Kier molecular flexibility index (Phi) is 3.76. The summed E-state index contributed by atoms with van der Waals surface area (Å²) in [6, 6.07) is 18.1. The molecule has 0 bridgehead atoms. The van der Waals surface area contributed by atoms with E-state index in [4.69, 9.17) is 27.0 Å². The van der Waals surface area contributed by atoms with Gasteiger partial charge in [0.05, 0.1) is 11.6 Å². The number of nitrogens with two attached hydrogens (primary N) is 1. The van der Waals surface area contributed by atoms with Gasteiger partial charge in [-0.3, -0.25) is 0 Å². The van der Waals surface area contributed by atoms with Gasteiger partial charge in [-0.15, -0.1) is 0 Å². The van der Waals surface area contributed by atoms with E-state index < -0.39 is 0 Å². The highest BCUT2D eigenvalue weighted by atomic mass is 35.5. The topological polar surface area (TPSA) is 86.7 Å². The van der Waals surface area contributed by atoms with Crippen LogP contribution in [-0.2, 0) is 0 Å². The lowest BCUT2D eigenvalue weighted by Crippen LogP contribution is -1.86. The number of benzene rings is 2. The quantitative estimate of drug-likeness (QED) is 0.748. The van der Waals surface area contributed by atoms with E-state index in [0.717, 1.165) is 11.1 Å². The largest absolute Gasteiger partial charge is 0.439 e. The number of hydrogen-bond donors (Lipinski definition) is 1. The lowest BCUT2D eigenvalue weighted by atomic mass is 9.98. The summed E-state index contributed by atoms with van der Waals surface area (Å²) in [4.78, 5) is 0. The van der Waals surface area contributed by atoms with Crippen molar-refractivity contribution in [2.75, 3.05) is 5.73 Å². The van der Waals surface area contributed by atoms with E-state index in [2.05, 4.69) is 12.1 Å². The molecule has 0 aliphatic carbocycles. The fraction of sp³-hybridized carbons (Fsp3) is 0. The van der Waals surface area contributed by atoms with Gasteiger partial charge in [-0.05, 0) is 42.0 Å². The monoisotopic (exact) mass is 319 g/mol. The normalized spacial score (nSPS) is 10.0. The molecule has 0 saturated carbocycles. The predicted octanol–water partition coefficient (Wildman–Crippen LogP) is 4.59. The number of nitriles is 2. The van der Waals surface area contributed by atoms with Crippen LogP contribution in [0.15, 0.2) is 52.9 Å². The van der Waals surface area contributed by atoms with E-state index in [1.54, 1.807) is 48.5 Å². The summed E-state index contributed by atoms with van der Waals surface area (Å²) < 4.78 is 5.62. The standard InChI is InChI=1S/C18H10ClN3O/c19-14-7-5-12(6-8-14)16-15(10-21)18(22)23-17(16)13-3-1-11(9-20)2-4-13/h1-8H,22H2. The SMILES string of the molecule is N#Cc1ccc(-c2oc(N)c(C#N)c2-c2ccc(Cl)cc2)cc1. The summed E-state index contributed by atoms with van der Waals surface area (Å²) >= 11 is 5.92. The molecule has 1 heterocycles. The summed E-state index contributed by atoms with van der Waals surface area (Å²) in [5.41, 5.74) is 8.81. The summed E-state index contributed by atoms with van der Waals surface area (Å²) in [5, 5.41) is 18.9. The maximum Gasteiger partial charge on any atom is 0.209 e. The van der Waals surface area contributed by atoms with Crippen LogP contribution in [0.5, 0.6) is 0 Å². The second-order valence-corrected chi connectivity index (χ2v) is 5.29. The van der Waals surface area contributed by atoms with Crippen molar-refractivity contribution < 1.29 is 4.42 Å². The van der Waals surface area contributed by atoms with Crippen LogP contribution in [0.25, 0.3) is 22.5 Å². The second-order valence-electron chi connectivity index (χ2n) is 4.85. The number of nitrogens with zero attached hydrogens (tertiary/aromatic N) is 2. The van der Waals surface area contributed by atoms with E-state index in [1.807, 2.05) is 0 Å². The second kappa shape index (κ2) is 5.88. The zero-order chi connectivity index (χ0) is 16.4. The predicted molar refractivity (Wildman–Crippen MR) is 88.4 cm³/mol. The lowest BCUT2D eigenvalue weighted by molar-refractivity contribution is 0.603. The minimum atomic E-state index is 0.0665. The van der Waals surface area contributed by atoms with Gasteiger partial charge < -0.3 is 10.2 Å². The molecular weight excluding hydrogens is 310 g/mol. The smallest absolute Gasteiger partial charge is 0.209 e. The minimum Gasteiger partial charge on any atom is -0.439 e. The van der Waals surface area contributed by atoms with Crippen molar-refractivity contribution in [3.8, 4) is 34.6 Å². The van der Waals surface area contributed by atoms with Crippen LogP contribution < -0.4 is 5.73 Å². The third-order valence-corrected chi connectivity index (χ3v) is 3.71. The molecule has 0 spiro atoms. The molecule has 5 heteroatoms. The summed E-state index contributed by atoms with van der Waals surface area (Å²) in [7, 11) is 0. The van der Waals surface area contributed by atoms with Gasteiger partial charge in [0.25, 0.3) is 0 Å². The fourth-order valence-electron chi connectivity index (χ4n) is 2.35. The molecule has 3 rings (SSSR count). The number of halogens is 1. The van der Waals surface area contributed by atoms with Gasteiger partial charge in [-0.25, -0.2) is 0 Å². The third-order valence-electron chi connectivity index (χ3n) is 3.46. The van der Waals surface area contributed by atoms with Crippen LogP contribution in [0.3, 0.4) is 0 Å². The van der Waals surface area contributed by atoms with E-state index in [1.165, 1.54) is 0 Å². The fourth-order valence-corrected chi connectivity index (χ4v) is 2.48. The zero-order valence-electron chi connectivity index (χ0n) is 11.9. The van der Waals surface area contributed by atoms with Gasteiger partial charge >= 0.3 is 0 Å². The number of hydrogen-bond acceptors (Lipinski definition) is 4. The van der Waals surface area contributed by atoms with Gasteiger partial charge in [0.1, 0.15) is 17.4 Å². The molecule has 4 nitrogen and oxygen atoms in total. The molecule has 0 aliphatic rings. The Morgan fingerprint density at radius 2 is 1.48 bits per heavy atom. The van der Waals surface area contributed by atoms with Crippen molar-refractivity contribution in [2.45, 2.75) is 0 Å². The third kappa shape index (κ3) is 2.64. The maximum absolute atomic E-state index is 9.40. The Morgan fingerprint density at radius 1 is 0.870 bits per heavy atom. The highest BCUT2D eigenvalue weighted by Gasteiger charge is 2.21. The minimum absolute atomic E-state index is 0.0665. The molecule has 23 heavy (non-hydrogen) atoms. The highest BCUT2D eigenvalue weighted by molar-refractivity contribution is 6.30. The molecule has 0 unspecified atom stereocenters. The molecule has 1 aromatic heterocycles. The average molecular weight is 320 g/mol. The first-order valence-electron chi connectivity index (χ1n) is 6.73. The highest BCUT2D eigenvalue weighted by Crippen LogP contribution is 2.40. The summed E-state index contributed by atoms with van der Waals surface area (Å²) in [6.45, 7) is 0. The molecule has 0 saturated heterocycles. The zero-order valence-corrected chi connectivity index (χ0v) is 12.6. The summed E-state index contributed by atoms with van der Waals surface area (Å²) in [6.07, 6.45) is 0. The molecule has 0 amide bonds. The van der Waals surface area contributed by atoms with Gasteiger partial charge in [-0.2, -0.15) is 10.5 Å². The van der Waals surface area contributed by atoms with Gasteiger partial charge in [0, 0.05) is 16.1 Å². The van der Waals surface area contributed by atoms with Crippen molar-refractivity contribution in [1.29, 1.82) is 10.5 Å². The first kappa shape index (κ1) is 14.7. The number of nitrogen functional groups attached to an aromatic ring is 1. The molecule has 0 atom stereocenters. The molecule has 0 fully saturated rings. The molecule has 0 radical (unpaired) electrons. The molecule has 3 aromatic rings. The Morgan fingerprint density at radius 3 is 2.04 bits per heavy atom. The molecule has 2 N–H and O–H groups in total. The Hall–Kier alpha value is -3.21.